The molecule has 1 aromatic carbocycles. The number of nitriles is 1. The van der Waals surface area contributed by atoms with Crippen LogP contribution < -0.4 is 25.4 Å². The molecule has 10 nitrogen and oxygen atoms in total. The SMILES string of the molecule is C=C1CCN(C)C[C@@]1(C)COc1nc(N2C[C@H]3CC[C@@H](C2)N3)c2c(OC)nc(-c3c(C#N)c(N)cc(C)c3C(F)(F)F)c(F)c2n1. The van der Waals surface area contributed by atoms with Gasteiger partial charge in [0.2, 0.25) is 5.88 Å². The fraction of sp³-hybridized carbons (Fsp3) is 0.500. The molecule has 0 aliphatic carbocycles. The van der Waals surface area contributed by atoms with E-state index in [0.717, 1.165) is 37.4 Å². The molecule has 2 aromatic heterocycles. The van der Waals surface area contributed by atoms with Crippen LogP contribution in [0.2, 0.25) is 0 Å². The Balaban J connectivity index is 1.58. The van der Waals surface area contributed by atoms with E-state index in [1.165, 1.54) is 14.0 Å². The highest BCUT2D eigenvalue weighted by Crippen LogP contribution is 2.46. The van der Waals surface area contributed by atoms with Crippen molar-refractivity contribution in [2.75, 3.05) is 57.6 Å². The maximum atomic E-state index is 16.9. The van der Waals surface area contributed by atoms with E-state index in [1.807, 2.05) is 18.9 Å². The van der Waals surface area contributed by atoms with Gasteiger partial charge in [-0.3, -0.25) is 0 Å². The van der Waals surface area contributed by atoms with Gasteiger partial charge in [-0.1, -0.05) is 19.1 Å². The van der Waals surface area contributed by atoms with Gasteiger partial charge in [-0.05, 0) is 44.9 Å². The number of halogens is 4. The largest absolute Gasteiger partial charge is 0.480 e. The van der Waals surface area contributed by atoms with Gasteiger partial charge < -0.3 is 30.3 Å². The summed E-state index contributed by atoms with van der Waals surface area (Å²) in [5.41, 5.74) is 2.40. The van der Waals surface area contributed by atoms with E-state index in [-0.39, 0.29) is 52.7 Å². The molecule has 3 aliphatic heterocycles. The summed E-state index contributed by atoms with van der Waals surface area (Å²) < 4.78 is 72.1. The smallest absolute Gasteiger partial charge is 0.417 e. The maximum Gasteiger partial charge on any atom is 0.417 e. The van der Waals surface area contributed by atoms with Crippen molar-refractivity contribution in [3.8, 4) is 29.2 Å². The molecule has 3 N–H and O–H groups in total. The van der Waals surface area contributed by atoms with Crippen LogP contribution in [-0.4, -0.2) is 78.9 Å². The number of nitrogens with zero attached hydrogens (tertiary/aromatic N) is 6. The molecule has 244 valence electrons. The summed E-state index contributed by atoms with van der Waals surface area (Å²) in [7, 11) is 3.29. The quantitative estimate of drug-likeness (QED) is 0.220. The lowest BCUT2D eigenvalue weighted by Crippen LogP contribution is -2.51. The standard InChI is InChI=1S/C32H36F4N8O2/c1-16-10-21(38)20(11-37)22(24(16)32(34,35)36)26-25(33)27-23(29(40-26)45-5)28(44-12-18-6-7-19(13-44)39-18)42-30(41-27)46-15-31(3)14-43(4)9-8-17(31)2/h10,18-19,39H,2,6-9,12-15,38H2,1,3-5H3/t18-,19+,31-/m0/s1. The van der Waals surface area contributed by atoms with Crippen LogP contribution in [0.4, 0.5) is 29.1 Å². The van der Waals surface area contributed by atoms with Crippen molar-refractivity contribution < 1.29 is 27.0 Å². The van der Waals surface area contributed by atoms with Crippen LogP contribution in [0.25, 0.3) is 22.2 Å². The van der Waals surface area contributed by atoms with Gasteiger partial charge >= 0.3 is 12.2 Å². The molecule has 2 bridgehead atoms. The van der Waals surface area contributed by atoms with Crippen molar-refractivity contribution in [3.63, 3.8) is 0 Å². The number of hydrogen-bond acceptors (Lipinski definition) is 10. The molecule has 0 spiro atoms. The Bertz CT molecular complexity index is 1760. The van der Waals surface area contributed by atoms with Crippen molar-refractivity contribution in [1.82, 2.24) is 25.2 Å². The molecule has 3 fully saturated rings. The lowest BCUT2D eigenvalue weighted by molar-refractivity contribution is -0.137. The zero-order valence-electron chi connectivity index (χ0n) is 26.2. The second-order valence-corrected chi connectivity index (χ2v) is 12.8. The number of fused-ring (bicyclic) bond motifs is 3. The molecule has 0 unspecified atom stereocenters. The van der Waals surface area contributed by atoms with Gasteiger partial charge in [-0.25, -0.2) is 9.37 Å². The Morgan fingerprint density at radius 3 is 2.54 bits per heavy atom. The lowest BCUT2D eigenvalue weighted by atomic mass is 9.79. The predicted molar refractivity (Wildman–Crippen MR) is 165 cm³/mol. The summed E-state index contributed by atoms with van der Waals surface area (Å²) in [4.78, 5) is 17.6. The van der Waals surface area contributed by atoms with E-state index < -0.39 is 39.8 Å². The Kier molecular flexibility index (Phi) is 7.97. The number of nitrogens with one attached hydrogen (secondary N) is 1. The minimum Gasteiger partial charge on any atom is -0.480 e. The number of nitrogen functional groups attached to an aromatic ring is 1. The minimum absolute atomic E-state index is 0.0955. The number of aromatic nitrogens is 3. The summed E-state index contributed by atoms with van der Waals surface area (Å²) in [5, 5.41) is 13.5. The first-order valence-corrected chi connectivity index (χ1v) is 15.1. The topological polar surface area (TPSA) is 125 Å². The average Bonchev–Trinajstić information content (AvgIpc) is 3.34. The second kappa shape index (κ2) is 11.5. The third kappa shape index (κ3) is 5.45. The zero-order valence-corrected chi connectivity index (χ0v) is 26.2. The van der Waals surface area contributed by atoms with Crippen LogP contribution in [-0.2, 0) is 6.18 Å². The number of nitrogens with two attached hydrogens (primary N) is 1. The van der Waals surface area contributed by atoms with E-state index in [9.17, 15) is 18.4 Å². The molecule has 3 aromatic rings. The number of anilines is 2. The first-order valence-electron chi connectivity index (χ1n) is 15.1. The van der Waals surface area contributed by atoms with Crippen LogP contribution in [0.1, 0.15) is 42.9 Å². The van der Waals surface area contributed by atoms with Crippen molar-refractivity contribution in [3.05, 3.63) is 40.7 Å². The number of hydrogen-bond donors (Lipinski definition) is 2. The maximum absolute atomic E-state index is 16.9. The average molecular weight is 641 g/mol. The van der Waals surface area contributed by atoms with E-state index in [2.05, 4.69) is 26.8 Å². The zero-order chi connectivity index (χ0) is 33.1. The van der Waals surface area contributed by atoms with Crippen molar-refractivity contribution in [2.45, 2.75) is 51.4 Å². The summed E-state index contributed by atoms with van der Waals surface area (Å²) in [5.74, 6) is -1.06. The Hall–Kier alpha value is -4.22. The highest BCUT2D eigenvalue weighted by Gasteiger charge is 2.41. The normalized spacial score (nSPS) is 23.5. The van der Waals surface area contributed by atoms with Gasteiger partial charge in [0, 0.05) is 49.2 Å². The van der Waals surface area contributed by atoms with Crippen molar-refractivity contribution in [1.29, 1.82) is 5.26 Å². The first-order chi connectivity index (χ1) is 21.7. The number of likely N-dealkylation sites (tertiary alicyclic amines) is 1. The highest BCUT2D eigenvalue weighted by molar-refractivity contribution is 5.98. The third-order valence-corrected chi connectivity index (χ3v) is 9.40. The number of aryl methyl sites for hydroxylation is 1. The fourth-order valence-electron chi connectivity index (χ4n) is 7.03. The highest BCUT2D eigenvalue weighted by atomic mass is 19.4. The molecule has 14 heteroatoms. The molecule has 3 aliphatic rings. The van der Waals surface area contributed by atoms with Gasteiger partial charge in [-0.2, -0.15) is 28.4 Å². The van der Waals surface area contributed by atoms with Crippen LogP contribution in [0, 0.1) is 29.5 Å². The predicted octanol–water partition coefficient (Wildman–Crippen LogP) is 4.84. The number of methoxy groups -OCH3 is 1. The van der Waals surface area contributed by atoms with Crippen molar-refractivity contribution >= 4 is 22.4 Å². The molecule has 6 rings (SSSR count). The van der Waals surface area contributed by atoms with Crippen LogP contribution >= 0.6 is 0 Å². The van der Waals surface area contributed by atoms with E-state index >= 15 is 4.39 Å². The molecule has 5 heterocycles. The Labute approximate surface area is 264 Å². The summed E-state index contributed by atoms with van der Waals surface area (Å²) in [6, 6.07) is 2.98. The third-order valence-electron chi connectivity index (χ3n) is 9.40. The number of piperazine rings is 1. The molecular weight excluding hydrogens is 604 g/mol. The molecule has 0 saturated carbocycles. The molecule has 0 radical (unpaired) electrons. The molecule has 46 heavy (non-hydrogen) atoms. The Morgan fingerprint density at radius 1 is 1.22 bits per heavy atom. The van der Waals surface area contributed by atoms with Gasteiger partial charge in [-0.15, -0.1) is 0 Å². The number of pyridine rings is 1. The molecule has 3 atom stereocenters. The van der Waals surface area contributed by atoms with Crippen molar-refractivity contribution in [2.24, 2.45) is 5.41 Å². The monoisotopic (exact) mass is 640 g/mol. The number of ether oxygens (including phenoxy) is 2. The number of piperidine rings is 1. The molecular formula is C32H36F4N8O2. The minimum atomic E-state index is -4.95. The number of alkyl halides is 3. The summed E-state index contributed by atoms with van der Waals surface area (Å²) >= 11 is 0. The molecule has 3 saturated heterocycles. The lowest BCUT2D eigenvalue weighted by Gasteiger charge is -2.40. The van der Waals surface area contributed by atoms with Crippen LogP contribution in [0.5, 0.6) is 11.9 Å². The van der Waals surface area contributed by atoms with Gasteiger partial charge in [0.05, 0.1) is 23.9 Å². The molecule has 0 amide bonds. The summed E-state index contributed by atoms with van der Waals surface area (Å²) in [6.45, 7) is 10.3. The van der Waals surface area contributed by atoms with E-state index in [4.69, 9.17) is 20.2 Å². The Morgan fingerprint density at radius 2 is 1.91 bits per heavy atom. The second-order valence-electron chi connectivity index (χ2n) is 12.8. The number of benzene rings is 1. The fourth-order valence-corrected chi connectivity index (χ4v) is 7.03. The van der Waals surface area contributed by atoms with Gasteiger partial charge in [0.15, 0.2) is 5.82 Å². The van der Waals surface area contributed by atoms with Gasteiger partial charge in [0.1, 0.15) is 35.1 Å². The van der Waals surface area contributed by atoms with Gasteiger partial charge in [0.25, 0.3) is 0 Å². The van der Waals surface area contributed by atoms with E-state index in [1.54, 1.807) is 6.07 Å². The van der Waals surface area contributed by atoms with Crippen LogP contribution in [0.15, 0.2) is 18.2 Å². The number of rotatable bonds is 6. The van der Waals surface area contributed by atoms with E-state index in [0.29, 0.717) is 25.5 Å². The van der Waals surface area contributed by atoms with Crippen LogP contribution in [0.3, 0.4) is 0 Å². The summed E-state index contributed by atoms with van der Waals surface area (Å²) in [6.07, 6.45) is -2.25. The first kappa shape index (κ1) is 31.7.